The number of anilines is 1. The lowest BCUT2D eigenvalue weighted by atomic mass is 10.2. The van der Waals surface area contributed by atoms with Crippen LogP contribution in [0.2, 0.25) is 0 Å². The number of hydrogen-bond donors (Lipinski definition) is 2. The molecular formula is C12H14N2O3S. The summed E-state index contributed by atoms with van der Waals surface area (Å²) in [5.74, 6) is 0.649. The maximum absolute atomic E-state index is 10.9. The highest BCUT2D eigenvalue weighted by Crippen LogP contribution is 2.26. The molecule has 0 aliphatic rings. The maximum Gasteiger partial charge on any atom is 0.355 e. The minimum absolute atomic E-state index is 0.0501. The second-order valence-corrected chi connectivity index (χ2v) is 5.25. The lowest BCUT2D eigenvalue weighted by Crippen LogP contribution is -2.06. The van der Waals surface area contributed by atoms with E-state index in [0.717, 1.165) is 11.5 Å². The van der Waals surface area contributed by atoms with Crippen molar-refractivity contribution in [2.45, 2.75) is 26.8 Å². The summed E-state index contributed by atoms with van der Waals surface area (Å²) in [6, 6.07) is 3.74. The summed E-state index contributed by atoms with van der Waals surface area (Å²) in [6.45, 7) is 5.57. The fourth-order valence-electron chi connectivity index (χ4n) is 1.60. The molecule has 2 aromatic rings. The zero-order valence-corrected chi connectivity index (χ0v) is 11.2. The lowest BCUT2D eigenvalue weighted by Gasteiger charge is -2.09. The summed E-state index contributed by atoms with van der Waals surface area (Å²) in [6.07, 6.45) is 0. The van der Waals surface area contributed by atoms with E-state index in [2.05, 4.69) is 10.3 Å². The normalized spacial score (nSPS) is 12.4. The van der Waals surface area contributed by atoms with Crippen molar-refractivity contribution in [3.05, 3.63) is 34.2 Å². The Labute approximate surface area is 108 Å². The first-order valence-corrected chi connectivity index (χ1v) is 6.32. The topological polar surface area (TPSA) is 75.4 Å². The Balaban J connectivity index is 2.14. The number of aromatic nitrogens is 1. The van der Waals surface area contributed by atoms with Crippen molar-refractivity contribution in [3.63, 3.8) is 0 Å². The van der Waals surface area contributed by atoms with Crippen molar-refractivity contribution in [1.29, 1.82) is 0 Å². The number of hydrogen-bond acceptors (Lipinski definition) is 5. The average molecular weight is 266 g/mol. The van der Waals surface area contributed by atoms with Gasteiger partial charge in [0, 0.05) is 4.88 Å². The number of rotatable bonds is 4. The van der Waals surface area contributed by atoms with Crippen LogP contribution >= 0.6 is 11.3 Å². The number of thiazole rings is 1. The third-order valence-electron chi connectivity index (χ3n) is 2.53. The highest BCUT2D eigenvalue weighted by Gasteiger charge is 2.16. The Morgan fingerprint density at radius 3 is 2.72 bits per heavy atom. The third-order valence-corrected chi connectivity index (χ3v) is 3.43. The summed E-state index contributed by atoms with van der Waals surface area (Å²) >= 11 is 1.33. The van der Waals surface area contributed by atoms with E-state index in [0.29, 0.717) is 10.0 Å². The quantitative estimate of drug-likeness (QED) is 0.888. The van der Waals surface area contributed by atoms with E-state index in [1.807, 2.05) is 26.0 Å². The Morgan fingerprint density at radius 2 is 2.22 bits per heavy atom. The number of aryl methyl sites for hydroxylation is 2. The van der Waals surface area contributed by atoms with E-state index in [-0.39, 0.29) is 11.7 Å². The van der Waals surface area contributed by atoms with E-state index in [1.54, 1.807) is 6.92 Å². The first-order chi connectivity index (χ1) is 8.47. The van der Waals surface area contributed by atoms with Crippen molar-refractivity contribution in [2.24, 2.45) is 0 Å². The second kappa shape index (κ2) is 4.81. The van der Waals surface area contributed by atoms with Gasteiger partial charge in [0.05, 0.1) is 6.04 Å². The summed E-state index contributed by atoms with van der Waals surface area (Å²) < 4.78 is 5.50. The predicted molar refractivity (Wildman–Crippen MR) is 69.3 cm³/mol. The third kappa shape index (κ3) is 2.53. The molecule has 2 rings (SSSR count). The predicted octanol–water partition coefficient (Wildman–Crippen LogP) is 3.22. The summed E-state index contributed by atoms with van der Waals surface area (Å²) in [5.41, 5.74) is 0.102. The largest absolute Gasteiger partial charge is 0.476 e. The van der Waals surface area contributed by atoms with Gasteiger partial charge in [-0.25, -0.2) is 9.78 Å². The van der Waals surface area contributed by atoms with Crippen LogP contribution in [0.5, 0.6) is 0 Å². The molecule has 0 spiro atoms. The molecule has 0 aromatic carbocycles. The summed E-state index contributed by atoms with van der Waals surface area (Å²) in [4.78, 5) is 15.6. The minimum Gasteiger partial charge on any atom is -0.476 e. The van der Waals surface area contributed by atoms with Crippen LogP contribution in [0.3, 0.4) is 0 Å². The number of aromatic carboxylic acids is 1. The molecule has 1 unspecified atom stereocenters. The van der Waals surface area contributed by atoms with Gasteiger partial charge in [-0.3, -0.25) is 0 Å². The highest BCUT2D eigenvalue weighted by molar-refractivity contribution is 7.15. The summed E-state index contributed by atoms with van der Waals surface area (Å²) in [5, 5.41) is 12.7. The molecule has 2 aromatic heterocycles. The molecule has 0 bridgehead atoms. The molecule has 0 aliphatic heterocycles. The smallest absolute Gasteiger partial charge is 0.355 e. The van der Waals surface area contributed by atoms with Crippen LogP contribution in [0, 0.1) is 13.8 Å². The van der Waals surface area contributed by atoms with Gasteiger partial charge in [-0.05, 0) is 32.9 Å². The average Bonchev–Trinajstić information content (AvgIpc) is 2.85. The monoisotopic (exact) mass is 266 g/mol. The SMILES string of the molecule is Cc1ccc(C(C)Nc2nc(C(=O)O)c(C)s2)o1. The van der Waals surface area contributed by atoms with Crippen LogP contribution < -0.4 is 5.32 Å². The second-order valence-electron chi connectivity index (χ2n) is 4.04. The van der Waals surface area contributed by atoms with E-state index in [9.17, 15) is 4.79 Å². The Morgan fingerprint density at radius 1 is 1.50 bits per heavy atom. The highest BCUT2D eigenvalue weighted by atomic mass is 32.1. The van der Waals surface area contributed by atoms with Crippen molar-refractivity contribution in [2.75, 3.05) is 5.32 Å². The van der Waals surface area contributed by atoms with Gasteiger partial charge in [-0.15, -0.1) is 11.3 Å². The van der Waals surface area contributed by atoms with E-state index < -0.39 is 5.97 Å². The number of carboxylic acids is 1. The van der Waals surface area contributed by atoms with Gasteiger partial charge in [0.25, 0.3) is 0 Å². The van der Waals surface area contributed by atoms with E-state index in [1.165, 1.54) is 11.3 Å². The first-order valence-electron chi connectivity index (χ1n) is 5.51. The number of nitrogens with zero attached hydrogens (tertiary/aromatic N) is 1. The van der Waals surface area contributed by atoms with Gasteiger partial charge >= 0.3 is 5.97 Å². The molecule has 6 heteroatoms. The van der Waals surface area contributed by atoms with Gasteiger partial charge in [-0.2, -0.15) is 0 Å². The molecule has 0 radical (unpaired) electrons. The molecule has 0 aliphatic carbocycles. The molecule has 2 heterocycles. The molecule has 5 nitrogen and oxygen atoms in total. The first kappa shape index (κ1) is 12.6. The minimum atomic E-state index is -1.00. The van der Waals surface area contributed by atoms with Crippen LogP contribution in [0.15, 0.2) is 16.5 Å². The lowest BCUT2D eigenvalue weighted by molar-refractivity contribution is 0.0690. The molecule has 0 amide bonds. The van der Waals surface area contributed by atoms with Crippen LogP contribution in [-0.2, 0) is 0 Å². The standard InChI is InChI=1S/C12H14N2O3S/c1-6-4-5-9(17-6)7(2)13-12-14-10(11(15)16)8(3)18-12/h4-5,7H,1-3H3,(H,13,14)(H,15,16). The number of carbonyl (C=O) groups is 1. The Bertz CT molecular complexity index is 574. The number of nitrogens with one attached hydrogen (secondary N) is 1. The Kier molecular flexibility index (Phi) is 3.38. The van der Waals surface area contributed by atoms with E-state index in [4.69, 9.17) is 9.52 Å². The van der Waals surface area contributed by atoms with Crippen LogP contribution in [0.4, 0.5) is 5.13 Å². The Hall–Kier alpha value is -1.82. The van der Waals surface area contributed by atoms with Gasteiger partial charge in [0.2, 0.25) is 0 Å². The fraction of sp³-hybridized carbons (Fsp3) is 0.333. The molecular weight excluding hydrogens is 252 g/mol. The fourth-order valence-corrected chi connectivity index (χ4v) is 2.49. The molecule has 1 atom stereocenters. The van der Waals surface area contributed by atoms with Gasteiger partial charge in [0.15, 0.2) is 10.8 Å². The van der Waals surface area contributed by atoms with Crippen LogP contribution in [-0.4, -0.2) is 16.1 Å². The molecule has 0 saturated carbocycles. The zero-order valence-electron chi connectivity index (χ0n) is 10.4. The van der Waals surface area contributed by atoms with Crippen molar-refractivity contribution in [1.82, 2.24) is 4.98 Å². The number of carboxylic acid groups (broad SMARTS) is 1. The van der Waals surface area contributed by atoms with Crippen molar-refractivity contribution in [3.8, 4) is 0 Å². The molecule has 2 N–H and O–H groups in total. The summed E-state index contributed by atoms with van der Waals surface area (Å²) in [7, 11) is 0. The van der Waals surface area contributed by atoms with Gasteiger partial charge in [-0.1, -0.05) is 0 Å². The van der Waals surface area contributed by atoms with Crippen molar-refractivity contribution >= 4 is 22.4 Å². The van der Waals surface area contributed by atoms with Gasteiger partial charge in [0.1, 0.15) is 11.5 Å². The van der Waals surface area contributed by atoms with Crippen molar-refractivity contribution < 1.29 is 14.3 Å². The van der Waals surface area contributed by atoms with Crippen LogP contribution in [0.1, 0.15) is 39.9 Å². The molecule has 0 saturated heterocycles. The van der Waals surface area contributed by atoms with E-state index >= 15 is 0 Å². The molecule has 0 fully saturated rings. The van der Waals surface area contributed by atoms with Gasteiger partial charge < -0.3 is 14.8 Å². The maximum atomic E-state index is 10.9. The zero-order chi connectivity index (χ0) is 13.3. The van der Waals surface area contributed by atoms with Crippen LogP contribution in [0.25, 0.3) is 0 Å². The molecule has 18 heavy (non-hydrogen) atoms. The number of furan rings is 1. The molecule has 96 valence electrons.